The molecule has 0 aliphatic carbocycles. The average molecular weight is 370 g/mol. The number of para-hydroxylation sites is 2. The first-order valence-corrected chi connectivity index (χ1v) is 8.51. The summed E-state index contributed by atoms with van der Waals surface area (Å²) in [6.45, 7) is 4.15. The Morgan fingerprint density at radius 2 is 1.63 bits per heavy atom. The van der Waals surface area contributed by atoms with Crippen molar-refractivity contribution in [3.63, 3.8) is 0 Å². The van der Waals surface area contributed by atoms with Gasteiger partial charge in [-0.15, -0.1) is 0 Å². The Morgan fingerprint density at radius 3 is 2.30 bits per heavy atom. The molecule has 0 unspecified atom stereocenters. The number of carbonyl (C=O) groups is 2. The topological polar surface area (TPSA) is 71.1 Å². The first-order chi connectivity index (χ1) is 13.1. The van der Waals surface area contributed by atoms with Crippen molar-refractivity contribution in [2.45, 2.75) is 12.8 Å². The van der Waals surface area contributed by atoms with Crippen LogP contribution in [0.5, 0.6) is 17.2 Å². The number of benzene rings is 2. The highest BCUT2D eigenvalue weighted by atomic mass is 16.6. The summed E-state index contributed by atoms with van der Waals surface area (Å²) in [5.74, 6) is 0.598. The van der Waals surface area contributed by atoms with Crippen molar-refractivity contribution in [3.8, 4) is 17.2 Å². The maximum absolute atomic E-state index is 12.2. The minimum Gasteiger partial charge on any atom is -0.494 e. The summed E-state index contributed by atoms with van der Waals surface area (Å²) in [7, 11) is 1.52. The van der Waals surface area contributed by atoms with Gasteiger partial charge in [0.15, 0.2) is 11.5 Å². The van der Waals surface area contributed by atoms with Crippen LogP contribution >= 0.6 is 0 Å². The summed E-state index contributed by atoms with van der Waals surface area (Å²) in [4.78, 5) is 23.1. The van der Waals surface area contributed by atoms with Crippen molar-refractivity contribution < 1.29 is 28.5 Å². The molecule has 0 heterocycles. The third-order valence-electron chi connectivity index (χ3n) is 3.58. The maximum Gasteiger partial charge on any atom is 0.343 e. The van der Waals surface area contributed by atoms with Crippen LogP contribution in [-0.2, 0) is 9.53 Å². The molecule has 27 heavy (non-hydrogen) atoms. The maximum atomic E-state index is 12.2. The smallest absolute Gasteiger partial charge is 0.343 e. The molecule has 0 fully saturated rings. The lowest BCUT2D eigenvalue weighted by atomic mass is 10.2. The van der Waals surface area contributed by atoms with Gasteiger partial charge >= 0.3 is 11.9 Å². The van der Waals surface area contributed by atoms with Crippen LogP contribution in [0.3, 0.4) is 0 Å². The monoisotopic (exact) mass is 370 g/mol. The molecular formula is C21H22O6. The third kappa shape index (κ3) is 6.51. The quantitative estimate of drug-likeness (QED) is 0.274. The molecule has 0 aliphatic rings. The van der Waals surface area contributed by atoms with E-state index in [0.29, 0.717) is 42.4 Å². The highest BCUT2D eigenvalue weighted by Gasteiger charge is 2.12. The van der Waals surface area contributed by atoms with Crippen LogP contribution in [0.4, 0.5) is 0 Å². The summed E-state index contributed by atoms with van der Waals surface area (Å²) >= 11 is 0. The van der Waals surface area contributed by atoms with E-state index in [1.807, 2.05) is 0 Å². The minimum absolute atomic E-state index is 0.335. The van der Waals surface area contributed by atoms with Crippen LogP contribution in [0.15, 0.2) is 61.2 Å². The third-order valence-corrected chi connectivity index (χ3v) is 3.58. The number of ether oxygens (including phenoxy) is 4. The van der Waals surface area contributed by atoms with E-state index in [2.05, 4.69) is 6.58 Å². The standard InChI is InChI=1S/C21H22O6/c1-3-20(22)26-15-7-6-14-25-17-12-10-16(11-13-17)21(23)27-19-9-5-4-8-18(19)24-2/h3-5,8-13H,1,6-7,14-15H2,2H3. The summed E-state index contributed by atoms with van der Waals surface area (Å²) in [5.41, 5.74) is 0.407. The second kappa shape index (κ2) is 10.7. The van der Waals surface area contributed by atoms with E-state index in [1.165, 1.54) is 7.11 Å². The molecule has 142 valence electrons. The van der Waals surface area contributed by atoms with E-state index in [9.17, 15) is 9.59 Å². The number of unbranched alkanes of at least 4 members (excludes halogenated alkanes) is 1. The second-order valence-corrected chi connectivity index (χ2v) is 5.49. The molecule has 2 rings (SSSR count). The zero-order chi connectivity index (χ0) is 19.5. The van der Waals surface area contributed by atoms with Gasteiger partial charge in [0.25, 0.3) is 0 Å². The van der Waals surface area contributed by atoms with Crippen LogP contribution in [0, 0.1) is 0 Å². The zero-order valence-electron chi connectivity index (χ0n) is 15.2. The number of rotatable bonds is 10. The van der Waals surface area contributed by atoms with E-state index in [0.717, 1.165) is 12.5 Å². The average Bonchev–Trinajstić information content (AvgIpc) is 2.71. The van der Waals surface area contributed by atoms with Gasteiger partial charge < -0.3 is 18.9 Å². The Bertz CT molecular complexity index is 766. The van der Waals surface area contributed by atoms with E-state index in [4.69, 9.17) is 18.9 Å². The van der Waals surface area contributed by atoms with Crippen molar-refractivity contribution in [2.24, 2.45) is 0 Å². The predicted molar refractivity (Wildman–Crippen MR) is 100 cm³/mol. The lowest BCUT2D eigenvalue weighted by molar-refractivity contribution is -0.137. The van der Waals surface area contributed by atoms with Gasteiger partial charge in [0.2, 0.25) is 0 Å². The zero-order valence-corrected chi connectivity index (χ0v) is 15.2. The van der Waals surface area contributed by atoms with Gasteiger partial charge in [0, 0.05) is 6.08 Å². The fourth-order valence-corrected chi connectivity index (χ4v) is 2.17. The lowest BCUT2D eigenvalue weighted by Crippen LogP contribution is -2.09. The van der Waals surface area contributed by atoms with Crippen LogP contribution in [0.25, 0.3) is 0 Å². The lowest BCUT2D eigenvalue weighted by Gasteiger charge is -2.09. The molecule has 0 saturated heterocycles. The van der Waals surface area contributed by atoms with Crippen LogP contribution in [0.2, 0.25) is 0 Å². The number of hydrogen-bond acceptors (Lipinski definition) is 6. The van der Waals surface area contributed by atoms with Gasteiger partial charge in [-0.1, -0.05) is 18.7 Å². The van der Waals surface area contributed by atoms with Crippen LogP contribution in [0.1, 0.15) is 23.2 Å². The van der Waals surface area contributed by atoms with Gasteiger partial charge in [0.05, 0.1) is 25.9 Å². The van der Waals surface area contributed by atoms with Crippen molar-refractivity contribution in [3.05, 3.63) is 66.7 Å². The summed E-state index contributed by atoms with van der Waals surface area (Å²) in [6, 6.07) is 13.6. The first-order valence-electron chi connectivity index (χ1n) is 8.51. The van der Waals surface area contributed by atoms with Gasteiger partial charge in [-0.25, -0.2) is 9.59 Å². The molecular weight excluding hydrogens is 348 g/mol. The molecule has 6 nitrogen and oxygen atoms in total. The van der Waals surface area contributed by atoms with Crippen LogP contribution in [-0.4, -0.2) is 32.3 Å². The first kappa shape index (κ1) is 20.0. The van der Waals surface area contributed by atoms with Gasteiger partial charge in [-0.2, -0.15) is 0 Å². The molecule has 2 aromatic carbocycles. The van der Waals surface area contributed by atoms with E-state index >= 15 is 0 Å². The Labute approximate surface area is 158 Å². The number of carbonyl (C=O) groups excluding carboxylic acids is 2. The normalized spacial score (nSPS) is 9.96. The van der Waals surface area contributed by atoms with E-state index < -0.39 is 11.9 Å². The van der Waals surface area contributed by atoms with Gasteiger partial charge in [0.1, 0.15) is 5.75 Å². The van der Waals surface area contributed by atoms with Crippen molar-refractivity contribution in [2.75, 3.05) is 20.3 Å². The molecule has 2 aromatic rings. The highest BCUT2D eigenvalue weighted by molar-refractivity contribution is 5.91. The summed E-state index contributed by atoms with van der Waals surface area (Å²) in [5, 5.41) is 0. The number of methoxy groups -OCH3 is 1. The molecule has 6 heteroatoms. The van der Waals surface area contributed by atoms with E-state index in [-0.39, 0.29) is 0 Å². The molecule has 0 aromatic heterocycles. The molecule has 0 spiro atoms. The molecule has 0 aliphatic heterocycles. The molecule has 0 bridgehead atoms. The predicted octanol–water partition coefficient (Wildman–Crippen LogP) is 3.80. The minimum atomic E-state index is -0.477. The Kier molecular flexibility index (Phi) is 7.91. The summed E-state index contributed by atoms with van der Waals surface area (Å²) in [6.07, 6.45) is 2.57. The SMILES string of the molecule is C=CC(=O)OCCCCOc1ccc(C(=O)Oc2ccccc2OC)cc1. The Hall–Kier alpha value is -3.28. The second-order valence-electron chi connectivity index (χ2n) is 5.49. The molecule has 0 saturated carbocycles. The highest BCUT2D eigenvalue weighted by Crippen LogP contribution is 2.26. The van der Waals surface area contributed by atoms with Crippen molar-refractivity contribution >= 4 is 11.9 Å². The van der Waals surface area contributed by atoms with Crippen LogP contribution < -0.4 is 14.2 Å². The molecule has 0 atom stereocenters. The van der Waals surface area contributed by atoms with E-state index in [1.54, 1.807) is 48.5 Å². The Morgan fingerprint density at radius 1 is 0.963 bits per heavy atom. The number of hydrogen-bond donors (Lipinski definition) is 0. The fraction of sp³-hybridized carbons (Fsp3) is 0.238. The number of esters is 2. The molecule has 0 N–H and O–H groups in total. The Balaban J connectivity index is 1.78. The molecule has 0 amide bonds. The van der Waals surface area contributed by atoms with Crippen molar-refractivity contribution in [1.82, 2.24) is 0 Å². The van der Waals surface area contributed by atoms with Crippen molar-refractivity contribution in [1.29, 1.82) is 0 Å². The largest absolute Gasteiger partial charge is 0.494 e. The van der Waals surface area contributed by atoms with Gasteiger partial charge in [-0.3, -0.25) is 0 Å². The fourth-order valence-electron chi connectivity index (χ4n) is 2.17. The molecule has 0 radical (unpaired) electrons. The summed E-state index contributed by atoms with van der Waals surface area (Å²) < 4.78 is 21.0. The van der Waals surface area contributed by atoms with Gasteiger partial charge in [-0.05, 0) is 49.2 Å².